The average molecular weight is 182 g/mol. The SMILES string of the molecule is COc1cc(F)ccc1CC(C)=O. The second-order valence-corrected chi connectivity index (χ2v) is 2.83. The Bertz CT molecular complexity index is 321. The molecule has 1 rings (SSSR count). The van der Waals surface area contributed by atoms with Gasteiger partial charge < -0.3 is 4.74 Å². The highest BCUT2D eigenvalue weighted by Crippen LogP contribution is 2.19. The molecule has 2 nitrogen and oxygen atoms in total. The third-order valence-electron chi connectivity index (χ3n) is 1.69. The maximum absolute atomic E-state index is 12.7. The molecular weight excluding hydrogens is 171 g/mol. The predicted octanol–water partition coefficient (Wildman–Crippen LogP) is 1.97. The van der Waals surface area contributed by atoms with Crippen LogP contribution in [0.5, 0.6) is 5.75 Å². The molecule has 0 amide bonds. The molecule has 1 aromatic rings. The number of benzene rings is 1. The second kappa shape index (κ2) is 4.03. The minimum atomic E-state index is -0.357. The Morgan fingerprint density at radius 1 is 1.54 bits per heavy atom. The van der Waals surface area contributed by atoms with Gasteiger partial charge in [0.2, 0.25) is 0 Å². The molecule has 70 valence electrons. The van der Waals surface area contributed by atoms with Crippen molar-refractivity contribution in [2.45, 2.75) is 13.3 Å². The van der Waals surface area contributed by atoms with Crippen LogP contribution in [-0.2, 0) is 11.2 Å². The summed E-state index contributed by atoms with van der Waals surface area (Å²) in [6.07, 6.45) is 0.281. The smallest absolute Gasteiger partial charge is 0.134 e. The van der Waals surface area contributed by atoms with Crippen LogP contribution in [0, 0.1) is 5.82 Å². The van der Waals surface area contributed by atoms with Gasteiger partial charge in [-0.2, -0.15) is 0 Å². The van der Waals surface area contributed by atoms with E-state index in [1.54, 1.807) is 6.07 Å². The first-order valence-electron chi connectivity index (χ1n) is 3.95. The molecule has 0 saturated carbocycles. The van der Waals surface area contributed by atoms with Crippen molar-refractivity contribution in [3.63, 3.8) is 0 Å². The normalized spacial score (nSPS) is 9.77. The van der Waals surface area contributed by atoms with Gasteiger partial charge in [-0.25, -0.2) is 4.39 Å². The number of rotatable bonds is 3. The van der Waals surface area contributed by atoms with Gasteiger partial charge in [-0.05, 0) is 13.0 Å². The summed E-state index contributed by atoms with van der Waals surface area (Å²) in [6.45, 7) is 1.49. The van der Waals surface area contributed by atoms with Crippen LogP contribution in [-0.4, -0.2) is 12.9 Å². The Labute approximate surface area is 76.3 Å². The standard InChI is InChI=1S/C10H11FO2/c1-7(12)5-8-3-4-9(11)6-10(8)13-2/h3-4,6H,5H2,1-2H3. The lowest BCUT2D eigenvalue weighted by atomic mass is 10.1. The molecule has 0 fully saturated rings. The van der Waals surface area contributed by atoms with Crippen LogP contribution in [0.4, 0.5) is 4.39 Å². The minimum absolute atomic E-state index is 0.0323. The maximum atomic E-state index is 12.7. The lowest BCUT2D eigenvalue weighted by molar-refractivity contribution is -0.116. The van der Waals surface area contributed by atoms with Crippen molar-refractivity contribution in [3.8, 4) is 5.75 Å². The molecule has 0 unspecified atom stereocenters. The van der Waals surface area contributed by atoms with Crippen LogP contribution in [0.2, 0.25) is 0 Å². The van der Waals surface area contributed by atoms with Gasteiger partial charge >= 0.3 is 0 Å². The summed E-state index contributed by atoms with van der Waals surface area (Å²) in [5, 5.41) is 0. The van der Waals surface area contributed by atoms with Gasteiger partial charge in [0, 0.05) is 18.1 Å². The van der Waals surface area contributed by atoms with Gasteiger partial charge in [0.05, 0.1) is 7.11 Å². The third kappa shape index (κ3) is 2.54. The van der Waals surface area contributed by atoms with E-state index >= 15 is 0 Å². The zero-order valence-corrected chi connectivity index (χ0v) is 7.63. The van der Waals surface area contributed by atoms with Crippen LogP contribution in [0.3, 0.4) is 0 Å². The van der Waals surface area contributed by atoms with Gasteiger partial charge in [0.1, 0.15) is 17.3 Å². The predicted molar refractivity (Wildman–Crippen MR) is 47.3 cm³/mol. The van der Waals surface area contributed by atoms with Crippen LogP contribution < -0.4 is 4.74 Å². The van der Waals surface area contributed by atoms with E-state index < -0.39 is 0 Å². The summed E-state index contributed by atoms with van der Waals surface area (Å²) in [7, 11) is 1.46. The van der Waals surface area contributed by atoms with Crippen LogP contribution in [0.25, 0.3) is 0 Å². The van der Waals surface area contributed by atoms with Crippen LogP contribution >= 0.6 is 0 Å². The number of ether oxygens (including phenoxy) is 1. The van der Waals surface area contributed by atoms with Crippen LogP contribution in [0.15, 0.2) is 18.2 Å². The molecule has 0 heterocycles. The quantitative estimate of drug-likeness (QED) is 0.714. The Morgan fingerprint density at radius 2 is 2.23 bits per heavy atom. The molecule has 0 N–H and O–H groups in total. The number of hydrogen-bond acceptors (Lipinski definition) is 2. The van der Waals surface area contributed by atoms with E-state index in [9.17, 15) is 9.18 Å². The highest BCUT2D eigenvalue weighted by Gasteiger charge is 2.06. The summed E-state index contributed by atoms with van der Waals surface area (Å²) in [5.74, 6) is 0.101. The number of hydrogen-bond donors (Lipinski definition) is 0. The Hall–Kier alpha value is -1.38. The van der Waals surface area contributed by atoms with Crippen molar-refractivity contribution in [1.29, 1.82) is 0 Å². The number of methoxy groups -OCH3 is 1. The fourth-order valence-electron chi connectivity index (χ4n) is 1.13. The van der Waals surface area contributed by atoms with Gasteiger partial charge in [-0.1, -0.05) is 6.07 Å². The van der Waals surface area contributed by atoms with Gasteiger partial charge in [0.15, 0.2) is 0 Å². The number of ketones is 1. The minimum Gasteiger partial charge on any atom is -0.496 e. The van der Waals surface area contributed by atoms with E-state index in [2.05, 4.69) is 0 Å². The highest BCUT2D eigenvalue weighted by molar-refractivity contribution is 5.78. The summed E-state index contributed by atoms with van der Waals surface area (Å²) in [6, 6.07) is 4.16. The second-order valence-electron chi connectivity index (χ2n) is 2.83. The fourth-order valence-corrected chi connectivity index (χ4v) is 1.13. The Kier molecular flexibility index (Phi) is 3.01. The number of carbonyl (C=O) groups excluding carboxylic acids is 1. The molecule has 3 heteroatoms. The maximum Gasteiger partial charge on any atom is 0.134 e. The monoisotopic (exact) mass is 182 g/mol. The van der Waals surface area contributed by atoms with Crippen molar-refractivity contribution in [1.82, 2.24) is 0 Å². The molecule has 0 radical (unpaired) electrons. The van der Waals surface area contributed by atoms with E-state index in [1.807, 2.05) is 0 Å². The molecule has 0 spiro atoms. The number of Topliss-reactive ketones (excluding diaryl/α,β-unsaturated/α-hetero) is 1. The lowest BCUT2D eigenvalue weighted by Gasteiger charge is -2.06. The van der Waals surface area contributed by atoms with E-state index in [-0.39, 0.29) is 18.0 Å². The lowest BCUT2D eigenvalue weighted by Crippen LogP contribution is -1.99. The van der Waals surface area contributed by atoms with E-state index in [0.29, 0.717) is 5.75 Å². The third-order valence-corrected chi connectivity index (χ3v) is 1.69. The summed E-state index contributed by atoms with van der Waals surface area (Å²) >= 11 is 0. The first kappa shape index (κ1) is 9.71. The largest absolute Gasteiger partial charge is 0.496 e. The zero-order valence-electron chi connectivity index (χ0n) is 7.63. The van der Waals surface area contributed by atoms with Crippen molar-refractivity contribution in [3.05, 3.63) is 29.6 Å². The average Bonchev–Trinajstić information content (AvgIpc) is 2.07. The van der Waals surface area contributed by atoms with Crippen molar-refractivity contribution in [2.24, 2.45) is 0 Å². The molecule has 13 heavy (non-hydrogen) atoms. The van der Waals surface area contributed by atoms with Crippen molar-refractivity contribution < 1.29 is 13.9 Å². The van der Waals surface area contributed by atoms with Crippen molar-refractivity contribution >= 4 is 5.78 Å². The number of carbonyl (C=O) groups is 1. The van der Waals surface area contributed by atoms with Gasteiger partial charge in [-0.15, -0.1) is 0 Å². The molecule has 0 aliphatic rings. The fraction of sp³-hybridized carbons (Fsp3) is 0.300. The van der Waals surface area contributed by atoms with Gasteiger partial charge in [0.25, 0.3) is 0 Å². The van der Waals surface area contributed by atoms with Crippen LogP contribution in [0.1, 0.15) is 12.5 Å². The molecular formula is C10H11FO2. The van der Waals surface area contributed by atoms with E-state index in [4.69, 9.17) is 4.74 Å². The Morgan fingerprint density at radius 3 is 2.77 bits per heavy atom. The van der Waals surface area contributed by atoms with Gasteiger partial charge in [-0.3, -0.25) is 4.79 Å². The number of halogens is 1. The molecule has 1 aromatic carbocycles. The van der Waals surface area contributed by atoms with E-state index in [1.165, 1.54) is 26.2 Å². The molecule has 0 saturated heterocycles. The Balaban J connectivity index is 2.99. The molecule has 0 atom stereocenters. The summed E-state index contributed by atoms with van der Waals surface area (Å²) < 4.78 is 17.6. The molecule has 0 aliphatic carbocycles. The first-order chi connectivity index (χ1) is 6.13. The first-order valence-corrected chi connectivity index (χ1v) is 3.95. The zero-order chi connectivity index (χ0) is 9.84. The summed E-state index contributed by atoms with van der Waals surface area (Å²) in [4.78, 5) is 10.8. The van der Waals surface area contributed by atoms with E-state index in [0.717, 1.165) is 5.56 Å². The molecule has 0 aliphatic heterocycles. The highest BCUT2D eigenvalue weighted by atomic mass is 19.1. The molecule has 0 bridgehead atoms. The summed E-state index contributed by atoms with van der Waals surface area (Å²) in [5.41, 5.74) is 0.719. The van der Waals surface area contributed by atoms with Crippen molar-refractivity contribution in [2.75, 3.05) is 7.11 Å². The topological polar surface area (TPSA) is 26.3 Å². The molecule has 0 aromatic heterocycles.